The maximum Gasteiger partial charge on any atom is 0.330 e. The second-order valence-corrected chi connectivity index (χ2v) is 6.14. The Morgan fingerprint density at radius 3 is 2.38 bits per heavy atom. The van der Waals surface area contributed by atoms with Crippen molar-refractivity contribution in [2.75, 3.05) is 18.6 Å². The lowest BCUT2D eigenvalue weighted by molar-refractivity contribution is -0.149. The maximum absolute atomic E-state index is 13.3. The summed E-state index contributed by atoms with van der Waals surface area (Å²) in [7, 11) is 1.20. The third-order valence-electron chi connectivity index (χ3n) is 3.79. The molecule has 0 bridgehead atoms. The van der Waals surface area contributed by atoms with Gasteiger partial charge in [0.15, 0.2) is 0 Å². The fraction of sp³-hybridized carbons (Fsp3) is 0.438. The summed E-state index contributed by atoms with van der Waals surface area (Å²) < 4.78 is 31.2. The number of hydrogen-bond acceptors (Lipinski definition) is 4. The van der Waals surface area contributed by atoms with Gasteiger partial charge >= 0.3 is 5.97 Å². The third-order valence-corrected chi connectivity index (χ3v) is 3.79. The van der Waals surface area contributed by atoms with Gasteiger partial charge in [0.2, 0.25) is 11.8 Å². The summed E-state index contributed by atoms with van der Waals surface area (Å²) in [6, 6.07) is 2.76. The Morgan fingerprint density at radius 2 is 1.83 bits per heavy atom. The van der Waals surface area contributed by atoms with Gasteiger partial charge in [0, 0.05) is 24.7 Å². The van der Waals surface area contributed by atoms with Crippen LogP contribution in [0.1, 0.15) is 20.3 Å². The smallest absolute Gasteiger partial charge is 0.330 e. The van der Waals surface area contributed by atoms with Gasteiger partial charge in [-0.15, -0.1) is 0 Å². The number of nitrogens with zero attached hydrogens (tertiary/aromatic N) is 1. The molecule has 1 aromatic carbocycles. The van der Waals surface area contributed by atoms with E-state index < -0.39 is 40.9 Å². The Bertz CT molecular complexity index is 670. The molecule has 1 atom stereocenters. The van der Waals surface area contributed by atoms with Crippen LogP contribution in [0.2, 0.25) is 0 Å². The SMILES string of the molecule is COC(=O)C(C)(C)NC(=O)[C@H]1CC(=O)N(c2cc(F)cc(F)c2)C1. The average Bonchev–Trinajstić information content (AvgIpc) is 2.87. The van der Waals surface area contributed by atoms with Gasteiger partial charge in [-0.3, -0.25) is 9.59 Å². The van der Waals surface area contributed by atoms with Gasteiger partial charge in [-0.05, 0) is 26.0 Å². The van der Waals surface area contributed by atoms with Crippen LogP contribution in [0.25, 0.3) is 0 Å². The van der Waals surface area contributed by atoms with E-state index in [4.69, 9.17) is 0 Å². The molecule has 1 fully saturated rings. The van der Waals surface area contributed by atoms with Crippen molar-refractivity contribution in [1.29, 1.82) is 0 Å². The first-order valence-electron chi connectivity index (χ1n) is 7.31. The van der Waals surface area contributed by atoms with Crippen molar-refractivity contribution < 1.29 is 27.9 Å². The molecule has 0 aliphatic carbocycles. The monoisotopic (exact) mass is 340 g/mol. The van der Waals surface area contributed by atoms with Crippen LogP contribution in [0, 0.1) is 17.6 Å². The molecule has 2 rings (SSSR count). The van der Waals surface area contributed by atoms with Crippen molar-refractivity contribution in [2.45, 2.75) is 25.8 Å². The lowest BCUT2D eigenvalue weighted by Gasteiger charge is -2.25. The predicted molar refractivity (Wildman–Crippen MR) is 81.1 cm³/mol. The van der Waals surface area contributed by atoms with E-state index in [9.17, 15) is 23.2 Å². The van der Waals surface area contributed by atoms with Crippen LogP contribution < -0.4 is 10.2 Å². The van der Waals surface area contributed by atoms with Gasteiger partial charge in [-0.1, -0.05) is 0 Å². The zero-order valence-electron chi connectivity index (χ0n) is 13.6. The number of ether oxygens (including phenoxy) is 1. The molecule has 0 unspecified atom stereocenters. The van der Waals surface area contributed by atoms with Crippen molar-refractivity contribution >= 4 is 23.5 Å². The van der Waals surface area contributed by atoms with Gasteiger partial charge in [-0.25, -0.2) is 13.6 Å². The first-order valence-corrected chi connectivity index (χ1v) is 7.31. The molecule has 0 saturated carbocycles. The standard InChI is InChI=1S/C16H18F2N2O4/c1-16(2,15(23)24-3)19-14(22)9-4-13(21)20(8-9)12-6-10(17)5-11(18)7-12/h5-7,9H,4,8H2,1-3H3,(H,19,22)/t9-/m0/s1. The Labute approximate surface area is 137 Å². The normalized spacial score (nSPS) is 17.8. The van der Waals surface area contributed by atoms with Crippen LogP contribution in [0.15, 0.2) is 18.2 Å². The highest BCUT2D eigenvalue weighted by Gasteiger charge is 2.39. The lowest BCUT2D eigenvalue weighted by Crippen LogP contribution is -2.52. The number of nitrogens with one attached hydrogen (secondary N) is 1. The molecule has 1 aliphatic heterocycles. The number of benzene rings is 1. The second kappa shape index (κ2) is 6.54. The minimum atomic E-state index is -1.24. The zero-order chi connectivity index (χ0) is 18.1. The van der Waals surface area contributed by atoms with Crippen LogP contribution in [0.3, 0.4) is 0 Å². The third kappa shape index (κ3) is 3.69. The molecule has 1 N–H and O–H groups in total. The topological polar surface area (TPSA) is 75.7 Å². The van der Waals surface area contributed by atoms with Crippen LogP contribution in [-0.4, -0.2) is 37.0 Å². The zero-order valence-corrected chi connectivity index (χ0v) is 13.6. The van der Waals surface area contributed by atoms with Crippen molar-refractivity contribution in [3.63, 3.8) is 0 Å². The lowest BCUT2D eigenvalue weighted by atomic mass is 10.0. The molecule has 1 saturated heterocycles. The molecule has 1 heterocycles. The molecule has 0 spiro atoms. The minimum Gasteiger partial charge on any atom is -0.467 e. The number of carbonyl (C=O) groups excluding carboxylic acids is 3. The quantitative estimate of drug-likeness (QED) is 0.841. The molecule has 1 aliphatic rings. The van der Waals surface area contributed by atoms with E-state index in [2.05, 4.69) is 10.1 Å². The summed E-state index contributed by atoms with van der Waals surface area (Å²) in [5.41, 5.74) is -1.19. The molecule has 1 aromatic rings. The molecule has 8 heteroatoms. The van der Waals surface area contributed by atoms with Gasteiger partial charge in [0.05, 0.1) is 13.0 Å². The number of carbonyl (C=O) groups is 3. The van der Waals surface area contributed by atoms with E-state index in [0.29, 0.717) is 6.07 Å². The van der Waals surface area contributed by atoms with Crippen LogP contribution >= 0.6 is 0 Å². The van der Waals surface area contributed by atoms with Gasteiger partial charge in [0.1, 0.15) is 17.2 Å². The van der Waals surface area contributed by atoms with E-state index in [1.54, 1.807) is 0 Å². The molecule has 24 heavy (non-hydrogen) atoms. The first-order chi connectivity index (χ1) is 11.1. The van der Waals surface area contributed by atoms with E-state index in [-0.39, 0.29) is 18.7 Å². The predicted octanol–water partition coefficient (Wildman–Crippen LogP) is 1.39. The highest BCUT2D eigenvalue weighted by molar-refractivity contribution is 6.01. The summed E-state index contributed by atoms with van der Waals surface area (Å²) >= 11 is 0. The van der Waals surface area contributed by atoms with Crippen LogP contribution in [0.4, 0.5) is 14.5 Å². The molecule has 130 valence electrons. The minimum absolute atomic E-state index is 0.0230. The molecular weight excluding hydrogens is 322 g/mol. The van der Waals surface area contributed by atoms with Crippen LogP contribution in [-0.2, 0) is 19.1 Å². The number of hydrogen-bond donors (Lipinski definition) is 1. The van der Waals surface area contributed by atoms with Gasteiger partial charge < -0.3 is 15.0 Å². The number of amides is 2. The fourth-order valence-electron chi connectivity index (χ4n) is 2.54. The second-order valence-electron chi connectivity index (χ2n) is 6.14. The summed E-state index contributed by atoms with van der Waals surface area (Å²) in [6.45, 7) is 2.94. The number of esters is 1. The van der Waals surface area contributed by atoms with Crippen LogP contribution in [0.5, 0.6) is 0 Å². The molecular formula is C16H18F2N2O4. The average molecular weight is 340 g/mol. The Kier molecular flexibility index (Phi) is 4.86. The summed E-state index contributed by atoms with van der Waals surface area (Å²) in [5, 5.41) is 2.52. The molecule has 6 nitrogen and oxygen atoms in total. The fourth-order valence-corrected chi connectivity index (χ4v) is 2.54. The van der Waals surface area contributed by atoms with E-state index >= 15 is 0 Å². The molecule has 0 radical (unpaired) electrons. The van der Waals surface area contributed by atoms with Crippen molar-refractivity contribution in [2.24, 2.45) is 5.92 Å². The largest absolute Gasteiger partial charge is 0.467 e. The summed E-state index contributed by atoms with van der Waals surface area (Å²) in [4.78, 5) is 37.1. The summed E-state index contributed by atoms with van der Waals surface area (Å²) in [5.74, 6) is -3.89. The molecule has 0 aromatic heterocycles. The van der Waals surface area contributed by atoms with Gasteiger partial charge in [-0.2, -0.15) is 0 Å². The van der Waals surface area contributed by atoms with E-state index in [0.717, 1.165) is 17.0 Å². The number of anilines is 1. The first kappa shape index (κ1) is 17.8. The number of methoxy groups -OCH3 is 1. The summed E-state index contributed by atoms with van der Waals surface area (Å²) in [6.07, 6.45) is -0.110. The van der Waals surface area contributed by atoms with Crippen molar-refractivity contribution in [1.82, 2.24) is 5.32 Å². The highest BCUT2D eigenvalue weighted by Crippen LogP contribution is 2.27. The van der Waals surface area contributed by atoms with Crippen molar-refractivity contribution in [3.8, 4) is 0 Å². The number of rotatable bonds is 4. The Morgan fingerprint density at radius 1 is 1.25 bits per heavy atom. The number of halogens is 2. The van der Waals surface area contributed by atoms with E-state index in [1.165, 1.54) is 21.0 Å². The highest BCUT2D eigenvalue weighted by atomic mass is 19.1. The van der Waals surface area contributed by atoms with E-state index in [1.807, 2.05) is 0 Å². The molecule has 2 amide bonds. The Balaban J connectivity index is 2.11. The maximum atomic E-state index is 13.3. The van der Waals surface area contributed by atoms with Gasteiger partial charge in [0.25, 0.3) is 0 Å². The van der Waals surface area contributed by atoms with Crippen molar-refractivity contribution in [3.05, 3.63) is 29.8 Å². The Hall–Kier alpha value is -2.51.